The number of nitro benzene ring substituents is 1. The van der Waals surface area contributed by atoms with Gasteiger partial charge in [-0.3, -0.25) is 10.1 Å². The number of alkyl halides is 1. The summed E-state index contributed by atoms with van der Waals surface area (Å²) in [4.78, 5) is 10.1. The van der Waals surface area contributed by atoms with Crippen LogP contribution in [0.5, 0.6) is 5.75 Å². The van der Waals surface area contributed by atoms with Gasteiger partial charge < -0.3 is 4.74 Å². The zero-order valence-electron chi connectivity index (χ0n) is 10.7. The highest BCUT2D eigenvalue weighted by atomic mass is 35.5. The van der Waals surface area contributed by atoms with Crippen molar-refractivity contribution in [2.75, 3.05) is 0 Å². The first kappa shape index (κ1) is 15.2. The van der Waals surface area contributed by atoms with Gasteiger partial charge >= 0.3 is 0 Å². The molecule has 0 bridgehead atoms. The van der Waals surface area contributed by atoms with Gasteiger partial charge in [0.25, 0.3) is 5.69 Å². The molecule has 0 aliphatic heterocycles. The lowest BCUT2D eigenvalue weighted by Gasteiger charge is -2.10. The average molecular weight is 314 g/mol. The highest BCUT2D eigenvalue weighted by Gasteiger charge is 2.13. The van der Waals surface area contributed by atoms with Gasteiger partial charge in [0.15, 0.2) is 11.6 Å². The van der Waals surface area contributed by atoms with Crippen LogP contribution < -0.4 is 4.74 Å². The number of non-ortho nitro benzene ring substituents is 1. The maximum Gasteiger partial charge on any atom is 0.270 e. The molecule has 4 nitrogen and oxygen atoms in total. The van der Waals surface area contributed by atoms with Crippen molar-refractivity contribution in [1.82, 2.24) is 0 Å². The van der Waals surface area contributed by atoms with Crippen LogP contribution in [0.15, 0.2) is 36.4 Å². The summed E-state index contributed by atoms with van der Waals surface area (Å²) in [6, 6.07) is 7.69. The van der Waals surface area contributed by atoms with E-state index in [0.717, 1.165) is 6.07 Å². The molecule has 0 saturated heterocycles. The molecule has 2 aromatic carbocycles. The lowest BCUT2D eigenvalue weighted by molar-refractivity contribution is -0.384. The molecule has 0 saturated carbocycles. The third-order valence-corrected chi connectivity index (χ3v) is 3.10. The second-order valence-electron chi connectivity index (χ2n) is 4.18. The van der Waals surface area contributed by atoms with Gasteiger partial charge in [0.2, 0.25) is 0 Å². The van der Waals surface area contributed by atoms with Crippen molar-refractivity contribution in [1.29, 1.82) is 0 Å². The monoisotopic (exact) mass is 313 g/mol. The number of nitro groups is 1. The van der Waals surface area contributed by atoms with Gasteiger partial charge in [0, 0.05) is 23.3 Å². The van der Waals surface area contributed by atoms with Gasteiger partial charge in [-0.25, -0.2) is 8.78 Å². The topological polar surface area (TPSA) is 52.4 Å². The Morgan fingerprint density at radius 3 is 2.62 bits per heavy atom. The molecule has 110 valence electrons. The van der Waals surface area contributed by atoms with Crippen LogP contribution in [0, 0.1) is 21.7 Å². The summed E-state index contributed by atoms with van der Waals surface area (Å²) < 4.78 is 31.9. The van der Waals surface area contributed by atoms with Gasteiger partial charge in [-0.05, 0) is 12.1 Å². The van der Waals surface area contributed by atoms with Gasteiger partial charge in [-0.15, -0.1) is 11.6 Å². The molecule has 0 aliphatic rings. The molecular formula is C14H10ClF2NO3. The molecular weight excluding hydrogens is 304 g/mol. The molecule has 0 aliphatic carbocycles. The number of rotatable bonds is 5. The average Bonchev–Trinajstić information content (AvgIpc) is 2.48. The zero-order valence-corrected chi connectivity index (χ0v) is 11.4. The van der Waals surface area contributed by atoms with E-state index in [2.05, 4.69) is 0 Å². The van der Waals surface area contributed by atoms with Crippen molar-refractivity contribution in [2.24, 2.45) is 0 Å². The first-order valence-electron chi connectivity index (χ1n) is 5.92. The largest absolute Gasteiger partial charge is 0.488 e. The Morgan fingerprint density at radius 2 is 1.95 bits per heavy atom. The molecule has 21 heavy (non-hydrogen) atoms. The minimum atomic E-state index is -0.980. The number of hydrogen-bond donors (Lipinski definition) is 0. The highest BCUT2D eigenvalue weighted by molar-refractivity contribution is 6.17. The van der Waals surface area contributed by atoms with E-state index in [1.165, 1.54) is 30.3 Å². The van der Waals surface area contributed by atoms with Crippen molar-refractivity contribution in [3.05, 3.63) is 69.3 Å². The molecule has 0 N–H and O–H groups in total. The second kappa shape index (κ2) is 6.49. The van der Waals surface area contributed by atoms with Gasteiger partial charge in [0.1, 0.15) is 12.4 Å². The molecule has 0 amide bonds. The predicted octanol–water partition coefficient (Wildman–Crippen LogP) is 4.19. The summed E-state index contributed by atoms with van der Waals surface area (Å²) in [5, 5.41) is 10.7. The Hall–Kier alpha value is -2.21. The van der Waals surface area contributed by atoms with Gasteiger partial charge in [-0.1, -0.05) is 12.1 Å². The van der Waals surface area contributed by atoms with Crippen molar-refractivity contribution in [3.8, 4) is 5.75 Å². The smallest absolute Gasteiger partial charge is 0.270 e. The van der Waals surface area contributed by atoms with Crippen LogP contribution in [0.1, 0.15) is 11.1 Å². The second-order valence-corrected chi connectivity index (χ2v) is 4.45. The maximum atomic E-state index is 13.5. The molecule has 0 fully saturated rings. The molecule has 2 aromatic rings. The number of hydrogen-bond acceptors (Lipinski definition) is 3. The Morgan fingerprint density at radius 1 is 1.19 bits per heavy atom. The lowest BCUT2D eigenvalue weighted by Crippen LogP contribution is -2.02. The summed E-state index contributed by atoms with van der Waals surface area (Å²) in [7, 11) is 0. The normalized spacial score (nSPS) is 10.4. The number of benzene rings is 2. The first-order chi connectivity index (χ1) is 10.0. The standard InChI is InChI=1S/C14H10ClF2NO3/c15-7-10-6-11(18(19)20)4-5-13(10)21-8-9-2-1-3-12(16)14(9)17/h1-6H,7-8H2. The minimum absolute atomic E-state index is 0.00263. The molecule has 0 spiro atoms. The first-order valence-corrected chi connectivity index (χ1v) is 6.45. The van der Waals surface area contributed by atoms with Crippen molar-refractivity contribution in [2.45, 2.75) is 12.5 Å². The van der Waals surface area contributed by atoms with Crippen molar-refractivity contribution >= 4 is 17.3 Å². The number of ether oxygens (including phenoxy) is 1. The van der Waals surface area contributed by atoms with Crippen LogP contribution in [0.25, 0.3) is 0 Å². The predicted molar refractivity (Wildman–Crippen MR) is 73.3 cm³/mol. The zero-order chi connectivity index (χ0) is 15.4. The quantitative estimate of drug-likeness (QED) is 0.472. The summed E-state index contributed by atoms with van der Waals surface area (Å²) in [5.74, 6) is -1.65. The van der Waals surface area contributed by atoms with E-state index in [1.807, 2.05) is 0 Å². The van der Waals surface area contributed by atoms with E-state index in [-0.39, 0.29) is 23.7 Å². The fourth-order valence-electron chi connectivity index (χ4n) is 1.74. The van der Waals surface area contributed by atoms with E-state index in [1.54, 1.807) is 0 Å². The lowest BCUT2D eigenvalue weighted by atomic mass is 10.2. The summed E-state index contributed by atoms with van der Waals surface area (Å²) >= 11 is 5.71. The number of halogens is 3. The molecule has 0 unspecified atom stereocenters. The van der Waals surface area contributed by atoms with E-state index < -0.39 is 16.6 Å². The van der Waals surface area contributed by atoms with Crippen molar-refractivity contribution < 1.29 is 18.4 Å². The fourth-order valence-corrected chi connectivity index (χ4v) is 1.95. The Labute approximate surface area is 124 Å². The Balaban J connectivity index is 2.20. The van der Waals surface area contributed by atoms with E-state index in [4.69, 9.17) is 16.3 Å². The SMILES string of the molecule is O=[N+]([O-])c1ccc(OCc2cccc(F)c2F)c(CCl)c1. The third-order valence-electron chi connectivity index (χ3n) is 2.81. The Kier molecular flexibility index (Phi) is 4.70. The van der Waals surface area contributed by atoms with E-state index >= 15 is 0 Å². The van der Waals surface area contributed by atoms with Gasteiger partial charge in [0.05, 0.1) is 10.8 Å². The fraction of sp³-hybridized carbons (Fsp3) is 0.143. The molecule has 2 rings (SSSR count). The summed E-state index contributed by atoms with van der Waals surface area (Å²) in [6.07, 6.45) is 0. The summed E-state index contributed by atoms with van der Waals surface area (Å²) in [6.45, 7) is -0.203. The van der Waals surface area contributed by atoms with Crippen LogP contribution >= 0.6 is 11.6 Å². The summed E-state index contributed by atoms with van der Waals surface area (Å²) in [5.41, 5.74) is 0.339. The van der Waals surface area contributed by atoms with E-state index in [9.17, 15) is 18.9 Å². The third kappa shape index (κ3) is 3.46. The molecule has 0 aromatic heterocycles. The molecule has 0 atom stereocenters. The van der Waals surface area contributed by atoms with Crippen LogP contribution in [0.2, 0.25) is 0 Å². The van der Waals surface area contributed by atoms with Crippen LogP contribution in [0.3, 0.4) is 0 Å². The molecule has 7 heteroatoms. The highest BCUT2D eigenvalue weighted by Crippen LogP contribution is 2.26. The molecule has 0 radical (unpaired) electrons. The van der Waals surface area contributed by atoms with Crippen molar-refractivity contribution in [3.63, 3.8) is 0 Å². The maximum absolute atomic E-state index is 13.5. The number of nitrogens with zero attached hydrogens (tertiary/aromatic N) is 1. The van der Waals surface area contributed by atoms with Crippen LogP contribution in [0.4, 0.5) is 14.5 Å². The van der Waals surface area contributed by atoms with Gasteiger partial charge in [-0.2, -0.15) is 0 Å². The molecule has 0 heterocycles. The van der Waals surface area contributed by atoms with Crippen LogP contribution in [-0.4, -0.2) is 4.92 Å². The van der Waals surface area contributed by atoms with E-state index in [0.29, 0.717) is 11.3 Å². The Bertz CT molecular complexity index is 679. The minimum Gasteiger partial charge on any atom is -0.488 e. The van der Waals surface area contributed by atoms with Crippen LogP contribution in [-0.2, 0) is 12.5 Å².